The molecule has 0 aliphatic heterocycles. The molecule has 4 rings (SSSR count). The SMILES string of the molecule is C[C@H](CC(=O)NC(c1ccccc1)(c1ccccc1)c1ccccc1)C(=O)CCCc1ccccc1. The number of Topliss-reactive ketones (excluding diaryl/α,β-unsaturated/α-hetero) is 1. The van der Waals surface area contributed by atoms with Crippen LogP contribution >= 0.6 is 0 Å². The monoisotopic (exact) mass is 475 g/mol. The average molecular weight is 476 g/mol. The van der Waals surface area contributed by atoms with E-state index in [1.54, 1.807) is 0 Å². The fourth-order valence-electron chi connectivity index (χ4n) is 4.79. The Morgan fingerprint density at radius 2 is 1.08 bits per heavy atom. The molecule has 0 bridgehead atoms. The summed E-state index contributed by atoms with van der Waals surface area (Å²) in [6.07, 6.45) is 2.28. The predicted molar refractivity (Wildman–Crippen MR) is 146 cm³/mol. The third-order valence-electron chi connectivity index (χ3n) is 6.72. The highest BCUT2D eigenvalue weighted by atomic mass is 16.2. The summed E-state index contributed by atoms with van der Waals surface area (Å²) in [6.45, 7) is 1.86. The molecule has 0 saturated carbocycles. The van der Waals surface area contributed by atoms with Gasteiger partial charge in [-0.1, -0.05) is 128 Å². The van der Waals surface area contributed by atoms with Crippen LogP contribution in [-0.4, -0.2) is 11.7 Å². The van der Waals surface area contributed by atoms with Gasteiger partial charge in [-0.3, -0.25) is 9.59 Å². The van der Waals surface area contributed by atoms with E-state index in [2.05, 4.69) is 17.4 Å². The van der Waals surface area contributed by atoms with Gasteiger partial charge in [0.05, 0.1) is 0 Å². The van der Waals surface area contributed by atoms with E-state index in [4.69, 9.17) is 0 Å². The highest BCUT2D eigenvalue weighted by molar-refractivity contribution is 5.87. The second-order valence-corrected chi connectivity index (χ2v) is 9.31. The largest absolute Gasteiger partial charge is 0.338 e. The van der Waals surface area contributed by atoms with Crippen molar-refractivity contribution < 1.29 is 9.59 Å². The molecule has 4 aromatic carbocycles. The first-order chi connectivity index (χ1) is 17.6. The topological polar surface area (TPSA) is 46.2 Å². The number of aryl methyl sites for hydroxylation is 1. The number of benzene rings is 4. The normalized spacial score (nSPS) is 12.0. The van der Waals surface area contributed by atoms with E-state index in [9.17, 15) is 9.59 Å². The molecule has 0 heterocycles. The molecule has 0 aliphatic rings. The van der Waals surface area contributed by atoms with Gasteiger partial charge in [-0.05, 0) is 35.1 Å². The summed E-state index contributed by atoms with van der Waals surface area (Å²) in [5.41, 5.74) is 3.28. The van der Waals surface area contributed by atoms with Crippen LogP contribution in [-0.2, 0) is 21.5 Å². The van der Waals surface area contributed by atoms with Crippen LogP contribution < -0.4 is 5.32 Å². The van der Waals surface area contributed by atoms with Crippen molar-refractivity contribution in [1.82, 2.24) is 5.32 Å². The van der Waals surface area contributed by atoms with Crippen LogP contribution in [0, 0.1) is 5.92 Å². The van der Waals surface area contributed by atoms with Gasteiger partial charge < -0.3 is 5.32 Å². The minimum absolute atomic E-state index is 0.130. The van der Waals surface area contributed by atoms with Crippen LogP contribution in [0.25, 0.3) is 0 Å². The number of carbonyl (C=O) groups is 2. The first-order valence-electron chi connectivity index (χ1n) is 12.6. The molecule has 1 amide bonds. The molecule has 3 heteroatoms. The van der Waals surface area contributed by atoms with Crippen molar-refractivity contribution in [2.45, 2.75) is 38.1 Å². The van der Waals surface area contributed by atoms with Crippen molar-refractivity contribution in [3.63, 3.8) is 0 Å². The molecule has 0 radical (unpaired) electrons. The molecule has 0 unspecified atom stereocenters. The smallest absolute Gasteiger partial charge is 0.221 e. The molecule has 0 spiro atoms. The van der Waals surface area contributed by atoms with E-state index in [0.29, 0.717) is 6.42 Å². The van der Waals surface area contributed by atoms with Crippen molar-refractivity contribution >= 4 is 11.7 Å². The van der Waals surface area contributed by atoms with Crippen LogP contribution in [0.4, 0.5) is 0 Å². The Labute approximate surface area is 214 Å². The highest BCUT2D eigenvalue weighted by Crippen LogP contribution is 2.37. The Kier molecular flexibility index (Phi) is 8.46. The number of hydrogen-bond acceptors (Lipinski definition) is 2. The predicted octanol–water partition coefficient (Wildman–Crippen LogP) is 6.71. The van der Waals surface area contributed by atoms with Crippen molar-refractivity contribution in [3.8, 4) is 0 Å². The number of carbonyl (C=O) groups excluding carboxylic acids is 2. The highest BCUT2D eigenvalue weighted by Gasteiger charge is 2.38. The third-order valence-corrected chi connectivity index (χ3v) is 6.72. The Balaban J connectivity index is 1.54. The molecule has 0 fully saturated rings. The number of hydrogen-bond donors (Lipinski definition) is 1. The number of ketones is 1. The Morgan fingerprint density at radius 1 is 0.667 bits per heavy atom. The first-order valence-corrected chi connectivity index (χ1v) is 12.6. The molecule has 182 valence electrons. The molecule has 0 aromatic heterocycles. The molecule has 0 saturated heterocycles. The number of nitrogens with one attached hydrogen (secondary N) is 1. The quantitative estimate of drug-likeness (QED) is 0.245. The van der Waals surface area contributed by atoms with Gasteiger partial charge in [0.1, 0.15) is 11.3 Å². The molecule has 4 aromatic rings. The van der Waals surface area contributed by atoms with E-state index in [1.807, 2.05) is 116 Å². The van der Waals surface area contributed by atoms with Gasteiger partial charge in [0.25, 0.3) is 0 Å². The zero-order chi connectivity index (χ0) is 25.2. The summed E-state index contributed by atoms with van der Waals surface area (Å²) < 4.78 is 0. The second kappa shape index (κ2) is 12.1. The van der Waals surface area contributed by atoms with E-state index in [1.165, 1.54) is 5.56 Å². The first kappa shape index (κ1) is 25.1. The minimum Gasteiger partial charge on any atom is -0.338 e. The number of rotatable bonds is 11. The fourth-order valence-corrected chi connectivity index (χ4v) is 4.79. The molecule has 36 heavy (non-hydrogen) atoms. The van der Waals surface area contributed by atoms with Gasteiger partial charge in [0.15, 0.2) is 0 Å². The lowest BCUT2D eigenvalue weighted by Crippen LogP contribution is -2.48. The van der Waals surface area contributed by atoms with Crippen LogP contribution in [0.5, 0.6) is 0 Å². The van der Waals surface area contributed by atoms with Crippen LogP contribution in [0.1, 0.15) is 48.4 Å². The molecule has 1 N–H and O–H groups in total. The van der Waals surface area contributed by atoms with Gasteiger partial charge in [0, 0.05) is 18.8 Å². The Hall–Kier alpha value is -3.98. The Bertz CT molecular complexity index is 1140. The van der Waals surface area contributed by atoms with E-state index in [-0.39, 0.29) is 24.0 Å². The van der Waals surface area contributed by atoms with E-state index >= 15 is 0 Å². The van der Waals surface area contributed by atoms with Gasteiger partial charge in [-0.2, -0.15) is 0 Å². The zero-order valence-electron chi connectivity index (χ0n) is 20.8. The minimum atomic E-state index is -0.864. The maximum Gasteiger partial charge on any atom is 0.221 e. The maximum atomic E-state index is 13.5. The standard InChI is InChI=1S/C33H33NO2/c1-26(31(35)24-14-17-27-15-6-2-7-16-27)25-32(36)34-33(28-18-8-3-9-19-28,29-20-10-4-11-21-29)30-22-12-5-13-23-30/h2-13,15-16,18-23,26H,14,17,24-25H2,1H3,(H,34,36)/t26-/m1/s1. The third kappa shape index (κ3) is 5.98. The lowest BCUT2D eigenvalue weighted by Gasteiger charge is -2.37. The van der Waals surface area contributed by atoms with Crippen LogP contribution in [0.15, 0.2) is 121 Å². The van der Waals surface area contributed by atoms with Gasteiger partial charge in [-0.15, -0.1) is 0 Å². The van der Waals surface area contributed by atoms with Crippen LogP contribution in [0.2, 0.25) is 0 Å². The summed E-state index contributed by atoms with van der Waals surface area (Å²) in [6, 6.07) is 40.3. The summed E-state index contributed by atoms with van der Waals surface area (Å²) >= 11 is 0. The Morgan fingerprint density at radius 3 is 1.53 bits per heavy atom. The molecule has 1 atom stereocenters. The van der Waals surface area contributed by atoms with Crippen molar-refractivity contribution in [1.29, 1.82) is 0 Å². The summed E-state index contributed by atoms with van der Waals surface area (Å²) in [7, 11) is 0. The van der Waals surface area contributed by atoms with Gasteiger partial charge in [-0.25, -0.2) is 0 Å². The lowest BCUT2D eigenvalue weighted by atomic mass is 9.76. The van der Waals surface area contributed by atoms with Crippen molar-refractivity contribution in [3.05, 3.63) is 144 Å². The average Bonchev–Trinajstić information content (AvgIpc) is 2.93. The van der Waals surface area contributed by atoms with Gasteiger partial charge in [0.2, 0.25) is 5.91 Å². The summed E-state index contributed by atoms with van der Waals surface area (Å²) in [4.78, 5) is 26.4. The van der Waals surface area contributed by atoms with Crippen molar-refractivity contribution in [2.75, 3.05) is 0 Å². The summed E-state index contributed by atoms with van der Waals surface area (Å²) in [5.74, 6) is -0.359. The second-order valence-electron chi connectivity index (χ2n) is 9.31. The zero-order valence-corrected chi connectivity index (χ0v) is 20.8. The van der Waals surface area contributed by atoms with E-state index in [0.717, 1.165) is 29.5 Å². The van der Waals surface area contributed by atoms with E-state index < -0.39 is 5.54 Å². The fraction of sp³-hybridized carbons (Fsp3) is 0.212. The lowest BCUT2D eigenvalue weighted by molar-refractivity contribution is -0.129. The van der Waals surface area contributed by atoms with Gasteiger partial charge >= 0.3 is 0 Å². The maximum absolute atomic E-state index is 13.5. The molecule has 3 nitrogen and oxygen atoms in total. The van der Waals surface area contributed by atoms with Crippen molar-refractivity contribution in [2.24, 2.45) is 5.92 Å². The molecular weight excluding hydrogens is 442 g/mol. The molecule has 0 aliphatic carbocycles. The number of amides is 1. The summed E-state index contributed by atoms with van der Waals surface area (Å²) in [5, 5.41) is 3.36. The van der Waals surface area contributed by atoms with Crippen LogP contribution in [0.3, 0.4) is 0 Å². The molecular formula is C33H33NO2.